The highest BCUT2D eigenvalue weighted by Gasteiger charge is 2.49. The monoisotopic (exact) mass is 534 g/mol. The molecule has 1 aliphatic rings. The lowest BCUT2D eigenvalue weighted by molar-refractivity contribution is -0.00755. The summed E-state index contributed by atoms with van der Waals surface area (Å²) in [5.41, 5.74) is 2.29. The molecule has 0 radical (unpaired) electrons. The molecule has 0 amide bonds. The number of likely N-dealkylation sites (tertiary alicyclic amines) is 1. The predicted molar refractivity (Wildman–Crippen MR) is 139 cm³/mol. The molecular formula is C25H26N8O4S. The zero-order chi connectivity index (χ0) is 26.4. The van der Waals surface area contributed by atoms with E-state index in [1.54, 1.807) is 29.2 Å². The van der Waals surface area contributed by atoms with Crippen LogP contribution in [0.15, 0.2) is 47.4 Å². The summed E-state index contributed by atoms with van der Waals surface area (Å²) in [5.74, 6) is 1.43. The Morgan fingerprint density at radius 3 is 2.87 bits per heavy atom. The van der Waals surface area contributed by atoms with Gasteiger partial charge in [-0.25, -0.2) is 14.2 Å². The van der Waals surface area contributed by atoms with Gasteiger partial charge in [0, 0.05) is 30.9 Å². The van der Waals surface area contributed by atoms with Crippen molar-refractivity contribution in [3.05, 3.63) is 48.7 Å². The Morgan fingerprint density at radius 2 is 2.16 bits per heavy atom. The number of aliphatic hydroxyl groups excluding tert-OH is 1. The Hall–Kier alpha value is -3.83. The predicted octanol–water partition coefficient (Wildman–Crippen LogP) is 3.12. The number of hydrogen-bond acceptors (Lipinski definition) is 8. The maximum Gasteiger partial charge on any atom is 0.182 e. The second kappa shape index (κ2) is 9.48. The average molecular weight is 535 g/mol. The zero-order valence-corrected chi connectivity index (χ0v) is 21.4. The minimum absolute atomic E-state index is 0.211. The lowest BCUT2D eigenvalue weighted by atomic mass is 9.86. The number of furan rings is 1. The molecule has 0 bridgehead atoms. The van der Waals surface area contributed by atoms with Crippen molar-refractivity contribution < 1.29 is 18.3 Å². The van der Waals surface area contributed by atoms with Gasteiger partial charge in [0.15, 0.2) is 22.7 Å². The Labute approximate surface area is 219 Å². The molecule has 1 aliphatic heterocycles. The van der Waals surface area contributed by atoms with Crippen LogP contribution < -0.4 is 0 Å². The van der Waals surface area contributed by atoms with E-state index in [2.05, 4.69) is 21.1 Å². The van der Waals surface area contributed by atoms with Crippen LogP contribution in [-0.4, -0.2) is 66.5 Å². The molecule has 6 rings (SSSR count). The number of pyridine rings is 1. The first kappa shape index (κ1) is 24.5. The Kier molecular flexibility index (Phi) is 6.11. The van der Waals surface area contributed by atoms with Crippen molar-refractivity contribution in [3.8, 4) is 23.3 Å². The summed E-state index contributed by atoms with van der Waals surface area (Å²) in [6.45, 7) is 2.64. The molecule has 38 heavy (non-hydrogen) atoms. The first-order valence-electron chi connectivity index (χ1n) is 12.3. The molecule has 5 aromatic heterocycles. The van der Waals surface area contributed by atoms with E-state index in [-0.39, 0.29) is 13.0 Å². The first-order valence-corrected chi connectivity index (χ1v) is 13.5. The van der Waals surface area contributed by atoms with Gasteiger partial charge in [0.2, 0.25) is 0 Å². The summed E-state index contributed by atoms with van der Waals surface area (Å²) in [6, 6.07) is 7.67. The first-order chi connectivity index (χ1) is 18.5. The van der Waals surface area contributed by atoms with E-state index >= 15 is 0 Å². The number of nitrogens with one attached hydrogen (secondary N) is 1. The highest BCUT2D eigenvalue weighted by molar-refractivity contribution is 7.79. The van der Waals surface area contributed by atoms with E-state index in [0.717, 1.165) is 17.3 Å². The van der Waals surface area contributed by atoms with Gasteiger partial charge in [-0.15, -0.1) is 0 Å². The number of imidazole rings is 1. The fraction of sp³-hybridized carbons (Fsp3) is 0.360. The van der Waals surface area contributed by atoms with Gasteiger partial charge in [0.05, 0.1) is 36.1 Å². The van der Waals surface area contributed by atoms with E-state index in [4.69, 9.17) is 9.40 Å². The standard InChI is InChI=1S/C25H26N8O4S/c1-2-3-21(38(35)36)31-14-25(15-31,7-8-26)32-12-16(10-29-32)33-22-18-6-9-27-23(18)28-11-19(22)30-24(33)20-5-4-17(13-34)37-20/h4-6,9-12,21,34H,2-3,7,13-15H2,1H3,(H,27,28)(H,35,36). The number of H-pyrrole nitrogens is 1. The van der Waals surface area contributed by atoms with Crippen molar-refractivity contribution in [2.45, 2.75) is 43.7 Å². The van der Waals surface area contributed by atoms with Crippen LogP contribution in [0, 0.1) is 11.3 Å². The SMILES string of the molecule is CCCC(N1CC(CC#N)(n2cc(-n3c(-c4ccc(CO)o4)nc4cnc5[nH]ccc5c43)cn2)C1)S(=O)O. The van der Waals surface area contributed by atoms with E-state index in [9.17, 15) is 19.1 Å². The van der Waals surface area contributed by atoms with E-state index < -0.39 is 22.0 Å². The smallest absolute Gasteiger partial charge is 0.182 e. The lowest BCUT2D eigenvalue weighted by Crippen LogP contribution is -2.65. The maximum absolute atomic E-state index is 11.9. The van der Waals surface area contributed by atoms with Gasteiger partial charge in [-0.3, -0.25) is 14.1 Å². The van der Waals surface area contributed by atoms with Gasteiger partial charge in [0.1, 0.15) is 34.4 Å². The van der Waals surface area contributed by atoms with Crippen molar-refractivity contribution in [1.29, 1.82) is 5.26 Å². The number of rotatable bonds is 9. The molecule has 0 aliphatic carbocycles. The molecule has 3 N–H and O–H groups in total. The van der Waals surface area contributed by atoms with Crippen LogP contribution in [0.3, 0.4) is 0 Å². The third-order valence-electron chi connectivity index (χ3n) is 7.13. The summed E-state index contributed by atoms with van der Waals surface area (Å²) in [5, 5.41) is 24.2. The number of fused-ring (bicyclic) bond motifs is 3. The summed E-state index contributed by atoms with van der Waals surface area (Å²) in [7, 11) is 0. The lowest BCUT2D eigenvalue weighted by Gasteiger charge is -2.51. The number of aromatic amines is 1. The van der Waals surface area contributed by atoms with Gasteiger partial charge in [-0.2, -0.15) is 10.4 Å². The molecular weight excluding hydrogens is 508 g/mol. The summed E-state index contributed by atoms with van der Waals surface area (Å²) in [6.07, 6.45) is 8.70. The molecule has 0 spiro atoms. The molecule has 2 atom stereocenters. The van der Waals surface area contributed by atoms with Crippen molar-refractivity contribution >= 4 is 33.1 Å². The summed E-state index contributed by atoms with van der Waals surface area (Å²) < 4.78 is 31.3. The molecule has 12 nitrogen and oxygen atoms in total. The quantitative estimate of drug-likeness (QED) is 0.241. The zero-order valence-electron chi connectivity index (χ0n) is 20.6. The average Bonchev–Trinajstić information content (AvgIpc) is 3.68. The largest absolute Gasteiger partial charge is 0.455 e. The number of aromatic nitrogens is 6. The molecule has 2 unspecified atom stereocenters. The number of aliphatic hydroxyl groups is 1. The molecule has 196 valence electrons. The van der Waals surface area contributed by atoms with E-state index in [1.807, 2.05) is 34.9 Å². The Morgan fingerprint density at radius 1 is 1.32 bits per heavy atom. The van der Waals surface area contributed by atoms with Crippen LogP contribution in [-0.2, 0) is 23.2 Å². The van der Waals surface area contributed by atoms with Crippen LogP contribution in [0.25, 0.3) is 39.3 Å². The molecule has 5 aromatic rings. The van der Waals surface area contributed by atoms with Crippen LogP contribution in [0.5, 0.6) is 0 Å². The molecule has 0 aromatic carbocycles. The highest BCUT2D eigenvalue weighted by Crippen LogP contribution is 2.37. The third-order valence-corrected chi connectivity index (χ3v) is 8.13. The number of hydrogen-bond donors (Lipinski definition) is 3. The number of nitriles is 1. The van der Waals surface area contributed by atoms with Crippen LogP contribution in [0.2, 0.25) is 0 Å². The fourth-order valence-corrected chi connectivity index (χ4v) is 6.16. The van der Waals surface area contributed by atoms with Gasteiger partial charge in [-0.1, -0.05) is 13.3 Å². The normalized spacial score (nSPS) is 17.0. The van der Waals surface area contributed by atoms with Crippen molar-refractivity contribution in [3.63, 3.8) is 0 Å². The number of nitrogens with zero attached hydrogens (tertiary/aromatic N) is 7. The fourth-order valence-electron chi connectivity index (χ4n) is 5.31. The second-order valence-corrected chi connectivity index (χ2v) is 10.7. The molecule has 13 heteroatoms. The topological polar surface area (TPSA) is 162 Å². The molecule has 1 fully saturated rings. The van der Waals surface area contributed by atoms with E-state index in [1.165, 1.54) is 0 Å². The Bertz CT molecular complexity index is 1690. The second-order valence-electron chi connectivity index (χ2n) is 9.55. The van der Waals surface area contributed by atoms with Crippen molar-refractivity contribution in [1.82, 2.24) is 34.2 Å². The van der Waals surface area contributed by atoms with Crippen molar-refractivity contribution in [2.75, 3.05) is 13.1 Å². The highest BCUT2D eigenvalue weighted by atomic mass is 32.2. The molecule has 6 heterocycles. The molecule has 0 saturated carbocycles. The van der Waals surface area contributed by atoms with Crippen LogP contribution >= 0.6 is 0 Å². The Balaban J connectivity index is 1.45. The molecule has 1 saturated heterocycles. The van der Waals surface area contributed by atoms with Gasteiger partial charge in [0.25, 0.3) is 0 Å². The summed E-state index contributed by atoms with van der Waals surface area (Å²) in [4.78, 5) is 14.4. The van der Waals surface area contributed by atoms with Gasteiger partial charge < -0.3 is 19.1 Å². The minimum Gasteiger partial charge on any atom is -0.455 e. The van der Waals surface area contributed by atoms with Gasteiger partial charge >= 0.3 is 0 Å². The van der Waals surface area contributed by atoms with Crippen LogP contribution in [0.4, 0.5) is 0 Å². The van der Waals surface area contributed by atoms with Crippen LogP contribution in [0.1, 0.15) is 31.9 Å². The van der Waals surface area contributed by atoms with E-state index in [0.29, 0.717) is 53.7 Å². The van der Waals surface area contributed by atoms with Crippen molar-refractivity contribution in [2.24, 2.45) is 0 Å². The van der Waals surface area contributed by atoms with Gasteiger partial charge in [-0.05, 0) is 24.6 Å². The summed E-state index contributed by atoms with van der Waals surface area (Å²) >= 11 is -1.98. The maximum atomic E-state index is 11.9. The minimum atomic E-state index is -1.98. The third kappa shape index (κ3) is 3.84.